The average molecular weight is 343 g/mol. The van der Waals surface area contributed by atoms with Crippen molar-refractivity contribution in [3.8, 4) is 17.1 Å². The van der Waals surface area contributed by atoms with Gasteiger partial charge in [-0.3, -0.25) is 4.98 Å². The van der Waals surface area contributed by atoms with Gasteiger partial charge in [0, 0.05) is 12.7 Å². The highest BCUT2D eigenvalue weighted by molar-refractivity contribution is 6.45. The third-order valence-corrected chi connectivity index (χ3v) is 4.31. The summed E-state index contributed by atoms with van der Waals surface area (Å²) in [6.07, 6.45) is 3.34. The fourth-order valence-electron chi connectivity index (χ4n) is 2.28. The van der Waals surface area contributed by atoms with E-state index in [1.54, 1.807) is 12.4 Å². The molecule has 0 saturated heterocycles. The third kappa shape index (κ3) is 2.24. The number of benzene rings is 1. The number of fused-ring (bicyclic) bond motifs is 1. The van der Waals surface area contributed by atoms with Gasteiger partial charge in [-0.25, -0.2) is 4.98 Å². The van der Waals surface area contributed by atoms with Crippen LogP contribution in [0.1, 0.15) is 6.92 Å². The van der Waals surface area contributed by atoms with E-state index < -0.39 is 0 Å². The van der Waals surface area contributed by atoms with Crippen LogP contribution in [0.25, 0.3) is 22.4 Å². The SMILES string of the molecule is CCn1c(-c2c(O)c(Cl)cc(Cl)c2Cl)nc2cnccc21. The minimum atomic E-state index is -0.135. The topological polar surface area (TPSA) is 50.9 Å². The summed E-state index contributed by atoms with van der Waals surface area (Å²) in [5, 5.41) is 10.9. The zero-order chi connectivity index (χ0) is 15.1. The van der Waals surface area contributed by atoms with Crippen LogP contribution in [0.4, 0.5) is 0 Å². The normalized spacial score (nSPS) is 11.2. The lowest BCUT2D eigenvalue weighted by Crippen LogP contribution is -1.98. The monoisotopic (exact) mass is 341 g/mol. The van der Waals surface area contributed by atoms with E-state index in [0.717, 1.165) is 5.52 Å². The van der Waals surface area contributed by atoms with Crippen LogP contribution >= 0.6 is 34.8 Å². The first-order chi connectivity index (χ1) is 10.0. The van der Waals surface area contributed by atoms with Crippen LogP contribution in [-0.2, 0) is 6.54 Å². The highest BCUT2D eigenvalue weighted by Gasteiger charge is 2.22. The molecule has 0 aliphatic rings. The summed E-state index contributed by atoms with van der Waals surface area (Å²) >= 11 is 18.3. The van der Waals surface area contributed by atoms with E-state index in [-0.39, 0.29) is 20.8 Å². The second-order valence-electron chi connectivity index (χ2n) is 4.42. The Morgan fingerprint density at radius 1 is 1.24 bits per heavy atom. The summed E-state index contributed by atoms with van der Waals surface area (Å²) in [7, 11) is 0. The van der Waals surface area contributed by atoms with E-state index in [2.05, 4.69) is 9.97 Å². The Morgan fingerprint density at radius 3 is 2.71 bits per heavy atom. The molecule has 1 N–H and O–H groups in total. The summed E-state index contributed by atoms with van der Waals surface area (Å²) in [6.45, 7) is 2.62. The van der Waals surface area contributed by atoms with Gasteiger partial charge in [-0.15, -0.1) is 0 Å². The molecule has 4 nitrogen and oxygen atoms in total. The Morgan fingerprint density at radius 2 is 2.00 bits per heavy atom. The van der Waals surface area contributed by atoms with Crippen molar-refractivity contribution >= 4 is 45.8 Å². The van der Waals surface area contributed by atoms with Crippen LogP contribution in [0.15, 0.2) is 24.5 Å². The second kappa shape index (κ2) is 5.37. The van der Waals surface area contributed by atoms with E-state index in [1.165, 1.54) is 6.07 Å². The predicted octanol–water partition coefficient (Wildman–Crippen LogP) is 4.78. The Hall–Kier alpha value is -1.49. The Bertz CT molecular complexity index is 819. The number of imidazole rings is 1. The summed E-state index contributed by atoms with van der Waals surface area (Å²) in [5.41, 5.74) is 1.93. The lowest BCUT2D eigenvalue weighted by atomic mass is 10.2. The van der Waals surface area contributed by atoms with Gasteiger partial charge in [0.1, 0.15) is 17.1 Å². The predicted molar refractivity (Wildman–Crippen MR) is 85.3 cm³/mol. The Labute approximate surface area is 135 Å². The molecule has 108 valence electrons. The second-order valence-corrected chi connectivity index (χ2v) is 5.61. The molecule has 3 aromatic rings. The number of phenolic OH excluding ortho intramolecular Hbond substituents is 1. The van der Waals surface area contributed by atoms with Crippen LogP contribution in [0.2, 0.25) is 15.1 Å². The van der Waals surface area contributed by atoms with Gasteiger partial charge >= 0.3 is 0 Å². The number of pyridine rings is 1. The number of phenols is 1. The van der Waals surface area contributed by atoms with Crippen molar-refractivity contribution in [1.82, 2.24) is 14.5 Å². The number of aromatic hydroxyl groups is 1. The first-order valence-corrected chi connectivity index (χ1v) is 7.35. The molecule has 0 aliphatic carbocycles. The summed E-state index contributed by atoms with van der Waals surface area (Å²) in [4.78, 5) is 8.55. The summed E-state index contributed by atoms with van der Waals surface area (Å²) < 4.78 is 1.92. The fourth-order valence-corrected chi connectivity index (χ4v) is 2.97. The molecule has 0 spiro atoms. The zero-order valence-electron chi connectivity index (χ0n) is 10.9. The minimum absolute atomic E-state index is 0.132. The number of halogens is 3. The third-order valence-electron chi connectivity index (χ3n) is 3.24. The number of hydrogen-bond acceptors (Lipinski definition) is 3. The first-order valence-electron chi connectivity index (χ1n) is 6.21. The van der Waals surface area contributed by atoms with E-state index in [9.17, 15) is 5.11 Å². The van der Waals surface area contributed by atoms with Gasteiger partial charge < -0.3 is 9.67 Å². The minimum Gasteiger partial charge on any atom is -0.506 e. The molecule has 0 atom stereocenters. The number of aromatic nitrogens is 3. The van der Waals surface area contributed by atoms with Crippen LogP contribution in [-0.4, -0.2) is 19.6 Å². The lowest BCUT2D eigenvalue weighted by Gasteiger charge is -2.11. The van der Waals surface area contributed by atoms with Crippen molar-refractivity contribution < 1.29 is 5.11 Å². The standard InChI is InChI=1S/C14H10Cl3N3O/c1-2-20-10-3-4-18-6-9(10)19-14(20)11-12(17)7(15)5-8(16)13(11)21/h3-6,21H,2H2,1H3. The molecule has 1 aromatic carbocycles. The molecular weight excluding hydrogens is 333 g/mol. The lowest BCUT2D eigenvalue weighted by molar-refractivity contribution is 0.477. The van der Waals surface area contributed by atoms with Gasteiger partial charge in [0.15, 0.2) is 0 Å². The molecule has 2 heterocycles. The molecule has 3 rings (SSSR count). The molecule has 0 aliphatic heterocycles. The summed E-state index contributed by atoms with van der Waals surface area (Å²) in [5.74, 6) is 0.372. The van der Waals surface area contributed by atoms with Crippen LogP contribution in [0.3, 0.4) is 0 Å². The molecule has 0 unspecified atom stereocenters. The van der Waals surface area contributed by atoms with E-state index in [0.29, 0.717) is 23.4 Å². The molecule has 0 amide bonds. The molecule has 0 fully saturated rings. The largest absolute Gasteiger partial charge is 0.506 e. The molecule has 7 heteroatoms. The number of rotatable bonds is 2. The van der Waals surface area contributed by atoms with Gasteiger partial charge in [-0.2, -0.15) is 0 Å². The highest BCUT2D eigenvalue weighted by atomic mass is 35.5. The fraction of sp³-hybridized carbons (Fsp3) is 0.143. The molecule has 21 heavy (non-hydrogen) atoms. The molecule has 0 radical (unpaired) electrons. The Balaban J connectivity index is 2.41. The first kappa shape index (κ1) is 14.4. The van der Waals surface area contributed by atoms with Gasteiger partial charge in [0.2, 0.25) is 0 Å². The maximum Gasteiger partial charge on any atom is 0.146 e. The van der Waals surface area contributed by atoms with E-state index in [4.69, 9.17) is 34.8 Å². The summed E-state index contributed by atoms with van der Waals surface area (Å²) in [6, 6.07) is 3.26. The maximum absolute atomic E-state index is 10.3. The highest BCUT2D eigenvalue weighted by Crippen LogP contribution is 2.44. The molecule has 0 bridgehead atoms. The molecular formula is C14H10Cl3N3O. The average Bonchev–Trinajstić information content (AvgIpc) is 2.83. The van der Waals surface area contributed by atoms with Crippen molar-refractivity contribution in [1.29, 1.82) is 0 Å². The number of hydrogen-bond donors (Lipinski definition) is 1. The van der Waals surface area contributed by atoms with Gasteiger partial charge in [-0.05, 0) is 19.1 Å². The van der Waals surface area contributed by atoms with Crippen LogP contribution in [0, 0.1) is 0 Å². The van der Waals surface area contributed by atoms with Crippen LogP contribution < -0.4 is 0 Å². The Kier molecular flexibility index (Phi) is 3.69. The van der Waals surface area contributed by atoms with Gasteiger partial charge in [-0.1, -0.05) is 34.8 Å². The maximum atomic E-state index is 10.3. The van der Waals surface area contributed by atoms with Crippen molar-refractivity contribution in [2.75, 3.05) is 0 Å². The van der Waals surface area contributed by atoms with E-state index in [1.807, 2.05) is 17.6 Å². The van der Waals surface area contributed by atoms with Crippen molar-refractivity contribution in [3.63, 3.8) is 0 Å². The quantitative estimate of drug-likeness (QED) is 0.682. The molecule has 2 aromatic heterocycles. The van der Waals surface area contributed by atoms with Crippen LogP contribution in [0.5, 0.6) is 5.75 Å². The molecule has 0 saturated carbocycles. The van der Waals surface area contributed by atoms with E-state index >= 15 is 0 Å². The van der Waals surface area contributed by atoms with Crippen molar-refractivity contribution in [2.45, 2.75) is 13.5 Å². The number of nitrogens with zero attached hydrogens (tertiary/aromatic N) is 3. The van der Waals surface area contributed by atoms with Crippen molar-refractivity contribution in [3.05, 3.63) is 39.6 Å². The zero-order valence-corrected chi connectivity index (χ0v) is 13.2. The smallest absolute Gasteiger partial charge is 0.146 e. The number of aryl methyl sites for hydroxylation is 1. The van der Waals surface area contributed by atoms with Crippen molar-refractivity contribution in [2.24, 2.45) is 0 Å². The van der Waals surface area contributed by atoms with Gasteiger partial charge in [0.25, 0.3) is 0 Å². The van der Waals surface area contributed by atoms with Gasteiger partial charge in [0.05, 0.1) is 32.3 Å².